The second-order valence-electron chi connectivity index (χ2n) is 10.9. The van der Waals surface area contributed by atoms with Gasteiger partial charge in [-0.1, -0.05) is 127 Å². The van der Waals surface area contributed by atoms with Crippen molar-refractivity contribution in [3.63, 3.8) is 0 Å². The molecular weight excluding hydrogens is 524 g/mol. The van der Waals surface area contributed by atoms with Gasteiger partial charge < -0.3 is 0 Å². The second-order valence-corrected chi connectivity index (χ2v) is 10.9. The molecule has 0 aliphatic heterocycles. The third-order valence-electron chi connectivity index (χ3n) is 8.44. The average Bonchev–Trinajstić information content (AvgIpc) is 3.42. The van der Waals surface area contributed by atoms with Crippen molar-refractivity contribution in [1.82, 2.24) is 19.5 Å². The van der Waals surface area contributed by atoms with Gasteiger partial charge in [0.2, 0.25) is 5.95 Å². The molecule has 0 radical (unpaired) electrons. The van der Waals surface area contributed by atoms with E-state index in [0.29, 0.717) is 17.6 Å². The largest absolute Gasteiger partial charge is 0.278 e. The number of para-hydroxylation sites is 2. The van der Waals surface area contributed by atoms with Crippen molar-refractivity contribution in [1.29, 1.82) is 0 Å². The van der Waals surface area contributed by atoms with E-state index in [1.54, 1.807) is 0 Å². The highest BCUT2D eigenvalue weighted by Crippen LogP contribution is 2.35. The SMILES string of the molecule is c1ccc(-c2nc(-c3ccc4ccc5c6ccccc6ccc5c4c3)nc(-n3c4ccccc4c4ccccc43)n2)cc1. The van der Waals surface area contributed by atoms with E-state index in [1.807, 2.05) is 30.3 Å². The Labute approximate surface area is 247 Å². The molecule has 4 nitrogen and oxygen atoms in total. The molecule has 0 bridgehead atoms. The predicted molar refractivity (Wildman–Crippen MR) is 178 cm³/mol. The van der Waals surface area contributed by atoms with Crippen LogP contribution in [0.2, 0.25) is 0 Å². The minimum atomic E-state index is 0.602. The fourth-order valence-electron chi connectivity index (χ4n) is 6.41. The molecule has 200 valence electrons. The zero-order valence-corrected chi connectivity index (χ0v) is 23.1. The van der Waals surface area contributed by atoms with E-state index in [1.165, 1.54) is 43.1 Å². The monoisotopic (exact) mass is 548 g/mol. The Balaban J connectivity index is 1.33. The minimum absolute atomic E-state index is 0.602. The maximum Gasteiger partial charge on any atom is 0.238 e. The van der Waals surface area contributed by atoms with Gasteiger partial charge >= 0.3 is 0 Å². The van der Waals surface area contributed by atoms with Gasteiger partial charge in [-0.3, -0.25) is 4.57 Å². The summed E-state index contributed by atoms with van der Waals surface area (Å²) in [4.78, 5) is 15.3. The number of aromatic nitrogens is 4. The van der Waals surface area contributed by atoms with E-state index >= 15 is 0 Å². The Morgan fingerprint density at radius 1 is 0.349 bits per heavy atom. The second kappa shape index (κ2) is 9.33. The van der Waals surface area contributed by atoms with Crippen LogP contribution in [0.15, 0.2) is 146 Å². The highest BCUT2D eigenvalue weighted by molar-refractivity contribution is 6.17. The van der Waals surface area contributed by atoms with Crippen LogP contribution in [0.25, 0.3) is 82.8 Å². The highest BCUT2D eigenvalue weighted by atomic mass is 15.2. The summed E-state index contributed by atoms with van der Waals surface area (Å²) < 4.78 is 2.16. The molecule has 7 aromatic carbocycles. The van der Waals surface area contributed by atoms with Gasteiger partial charge in [0.05, 0.1) is 11.0 Å². The summed E-state index contributed by atoms with van der Waals surface area (Å²) >= 11 is 0. The molecule has 2 heterocycles. The van der Waals surface area contributed by atoms with Crippen LogP contribution >= 0.6 is 0 Å². The fourth-order valence-corrected chi connectivity index (χ4v) is 6.41. The van der Waals surface area contributed by atoms with E-state index < -0.39 is 0 Å². The number of hydrogen-bond acceptors (Lipinski definition) is 3. The van der Waals surface area contributed by atoms with Gasteiger partial charge in [-0.25, -0.2) is 4.98 Å². The summed E-state index contributed by atoms with van der Waals surface area (Å²) in [6, 6.07) is 51.0. The topological polar surface area (TPSA) is 43.6 Å². The fraction of sp³-hybridized carbons (Fsp3) is 0. The molecule has 9 rings (SSSR count). The van der Waals surface area contributed by atoms with Crippen LogP contribution in [-0.4, -0.2) is 19.5 Å². The maximum atomic E-state index is 5.15. The van der Waals surface area contributed by atoms with Crippen LogP contribution in [0.3, 0.4) is 0 Å². The summed E-state index contributed by atoms with van der Waals surface area (Å²) in [6.07, 6.45) is 0. The third kappa shape index (κ3) is 3.74. The highest BCUT2D eigenvalue weighted by Gasteiger charge is 2.18. The molecule has 0 atom stereocenters. The van der Waals surface area contributed by atoms with Crippen molar-refractivity contribution >= 4 is 54.1 Å². The van der Waals surface area contributed by atoms with Crippen LogP contribution < -0.4 is 0 Å². The first kappa shape index (κ1) is 23.8. The zero-order valence-electron chi connectivity index (χ0n) is 23.1. The van der Waals surface area contributed by atoms with Crippen molar-refractivity contribution in [3.8, 4) is 28.7 Å². The van der Waals surface area contributed by atoms with Gasteiger partial charge in [-0.15, -0.1) is 0 Å². The molecule has 2 aromatic heterocycles. The minimum Gasteiger partial charge on any atom is -0.278 e. The van der Waals surface area contributed by atoms with Crippen LogP contribution in [0.5, 0.6) is 0 Å². The van der Waals surface area contributed by atoms with Gasteiger partial charge in [0.15, 0.2) is 11.6 Å². The number of rotatable bonds is 3. The quantitative estimate of drug-likeness (QED) is 0.206. The predicted octanol–water partition coefficient (Wildman–Crippen LogP) is 9.76. The molecule has 0 unspecified atom stereocenters. The van der Waals surface area contributed by atoms with Crippen LogP contribution in [-0.2, 0) is 0 Å². The number of benzene rings is 7. The standard InChI is InChI=1S/C39H24N4/c1-2-11-27(12-3-1)37-40-38(42-39(41-37)43-35-16-8-6-14-32(35)33-15-7-9-17-36(33)43)28-19-18-26-21-22-30-29-13-5-4-10-25(29)20-23-31(30)34(26)24-28/h1-24H. The molecule has 0 saturated carbocycles. The van der Waals surface area contributed by atoms with Crippen LogP contribution in [0, 0.1) is 0 Å². The van der Waals surface area contributed by atoms with Crippen molar-refractivity contribution in [2.24, 2.45) is 0 Å². The third-order valence-corrected chi connectivity index (χ3v) is 8.44. The average molecular weight is 549 g/mol. The molecule has 0 aliphatic rings. The molecule has 43 heavy (non-hydrogen) atoms. The normalized spacial score (nSPS) is 11.7. The lowest BCUT2D eigenvalue weighted by molar-refractivity contribution is 0.953. The Kier molecular flexibility index (Phi) is 5.16. The van der Waals surface area contributed by atoms with Crippen molar-refractivity contribution in [3.05, 3.63) is 146 Å². The van der Waals surface area contributed by atoms with Crippen molar-refractivity contribution in [2.45, 2.75) is 0 Å². The zero-order chi connectivity index (χ0) is 28.3. The first-order valence-electron chi connectivity index (χ1n) is 14.5. The molecular formula is C39H24N4. The lowest BCUT2D eigenvalue weighted by Crippen LogP contribution is -2.06. The van der Waals surface area contributed by atoms with Gasteiger partial charge in [0.1, 0.15) is 0 Å². The maximum absolute atomic E-state index is 5.15. The smallest absolute Gasteiger partial charge is 0.238 e. The van der Waals surface area contributed by atoms with Gasteiger partial charge in [0.25, 0.3) is 0 Å². The van der Waals surface area contributed by atoms with E-state index in [9.17, 15) is 0 Å². The Hall–Kier alpha value is -5.87. The summed E-state index contributed by atoms with van der Waals surface area (Å²) in [7, 11) is 0. The molecule has 4 heteroatoms. The molecule has 0 saturated heterocycles. The number of fused-ring (bicyclic) bond motifs is 8. The number of nitrogens with zero attached hydrogens (tertiary/aromatic N) is 4. The molecule has 0 aliphatic carbocycles. The van der Waals surface area contributed by atoms with Gasteiger partial charge in [-0.2, -0.15) is 9.97 Å². The summed E-state index contributed by atoms with van der Waals surface area (Å²) in [5, 5.41) is 9.68. The van der Waals surface area contributed by atoms with Gasteiger partial charge in [0, 0.05) is 21.9 Å². The summed E-state index contributed by atoms with van der Waals surface area (Å²) in [6.45, 7) is 0. The lowest BCUT2D eigenvalue weighted by atomic mass is 9.96. The van der Waals surface area contributed by atoms with E-state index in [4.69, 9.17) is 15.0 Å². The van der Waals surface area contributed by atoms with Gasteiger partial charge in [-0.05, 0) is 50.5 Å². The first-order chi connectivity index (χ1) is 21.3. The molecule has 0 fully saturated rings. The molecule has 0 N–H and O–H groups in total. The molecule has 0 spiro atoms. The van der Waals surface area contributed by atoms with Crippen LogP contribution in [0.1, 0.15) is 0 Å². The van der Waals surface area contributed by atoms with Crippen molar-refractivity contribution in [2.75, 3.05) is 0 Å². The first-order valence-corrected chi connectivity index (χ1v) is 14.5. The van der Waals surface area contributed by atoms with E-state index in [2.05, 4.69) is 120 Å². The van der Waals surface area contributed by atoms with E-state index in [-0.39, 0.29) is 0 Å². The van der Waals surface area contributed by atoms with Crippen molar-refractivity contribution < 1.29 is 0 Å². The summed E-state index contributed by atoms with van der Waals surface area (Å²) in [5.74, 6) is 1.89. The van der Waals surface area contributed by atoms with Crippen LogP contribution in [0.4, 0.5) is 0 Å². The van der Waals surface area contributed by atoms with E-state index in [0.717, 1.165) is 22.2 Å². The Morgan fingerprint density at radius 3 is 1.60 bits per heavy atom. The Bertz CT molecular complexity index is 2460. The lowest BCUT2D eigenvalue weighted by Gasteiger charge is -2.12. The molecule has 0 amide bonds. The summed E-state index contributed by atoms with van der Waals surface area (Å²) in [5.41, 5.74) is 4.04. The Morgan fingerprint density at radius 2 is 0.884 bits per heavy atom. The molecule has 9 aromatic rings. The number of hydrogen-bond donors (Lipinski definition) is 0.